The summed E-state index contributed by atoms with van der Waals surface area (Å²) >= 11 is 0. The number of nitriles is 1. The van der Waals surface area contributed by atoms with Crippen LogP contribution < -0.4 is 0 Å². The molecule has 3 unspecified atom stereocenters. The Morgan fingerprint density at radius 3 is 2.65 bits per heavy atom. The number of hydrogen-bond acceptors (Lipinski definition) is 3. The third-order valence-corrected chi connectivity index (χ3v) is 4.42. The van der Waals surface area contributed by atoms with E-state index in [4.69, 9.17) is 0 Å². The van der Waals surface area contributed by atoms with Crippen molar-refractivity contribution >= 4 is 0 Å². The fraction of sp³-hybridized carbons (Fsp3) is 0.929. The molecule has 17 heavy (non-hydrogen) atoms. The molecule has 1 saturated heterocycles. The number of rotatable bonds is 1. The van der Waals surface area contributed by atoms with Crippen LogP contribution in [0.4, 0.5) is 0 Å². The van der Waals surface area contributed by atoms with Crippen LogP contribution in [0.5, 0.6) is 0 Å². The van der Waals surface area contributed by atoms with E-state index in [1.54, 1.807) is 0 Å². The minimum atomic E-state index is 0.273. The van der Waals surface area contributed by atoms with Crippen LogP contribution in [0.25, 0.3) is 0 Å². The average Bonchev–Trinajstić information content (AvgIpc) is 2.50. The topological polar surface area (TPSA) is 30.3 Å². The molecule has 96 valence electrons. The maximum absolute atomic E-state index is 9.31. The molecule has 3 nitrogen and oxygen atoms in total. The molecule has 2 rings (SSSR count). The summed E-state index contributed by atoms with van der Waals surface area (Å²) in [5.74, 6) is 0.273. The van der Waals surface area contributed by atoms with E-state index in [1.807, 2.05) is 0 Å². The van der Waals surface area contributed by atoms with Gasteiger partial charge in [-0.3, -0.25) is 4.90 Å². The minimum Gasteiger partial charge on any atom is -0.305 e. The van der Waals surface area contributed by atoms with E-state index in [2.05, 4.69) is 29.8 Å². The maximum atomic E-state index is 9.31. The van der Waals surface area contributed by atoms with Crippen LogP contribution in [0.2, 0.25) is 0 Å². The normalized spacial score (nSPS) is 37.4. The zero-order valence-corrected chi connectivity index (χ0v) is 11.2. The molecule has 3 heteroatoms. The highest BCUT2D eigenvalue weighted by atomic mass is 15.2. The van der Waals surface area contributed by atoms with Crippen molar-refractivity contribution in [1.82, 2.24) is 9.80 Å². The molecule has 1 aliphatic heterocycles. The molecule has 0 aromatic carbocycles. The highest BCUT2D eigenvalue weighted by molar-refractivity contribution is 4.97. The molecule has 0 aromatic rings. The lowest BCUT2D eigenvalue weighted by molar-refractivity contribution is 0.0899. The fourth-order valence-electron chi connectivity index (χ4n) is 3.54. The van der Waals surface area contributed by atoms with Gasteiger partial charge in [0.1, 0.15) is 0 Å². The molecule has 1 aliphatic carbocycles. The van der Waals surface area contributed by atoms with Crippen LogP contribution in [-0.4, -0.2) is 48.6 Å². The predicted octanol–water partition coefficient (Wildman–Crippen LogP) is 2.09. The molecular formula is C14H25N3. The lowest BCUT2D eigenvalue weighted by Crippen LogP contribution is -2.48. The van der Waals surface area contributed by atoms with Crippen LogP contribution in [-0.2, 0) is 0 Å². The van der Waals surface area contributed by atoms with Gasteiger partial charge in [-0.2, -0.15) is 5.26 Å². The van der Waals surface area contributed by atoms with Crippen molar-refractivity contribution < 1.29 is 0 Å². The van der Waals surface area contributed by atoms with E-state index in [-0.39, 0.29) is 5.92 Å². The maximum Gasteiger partial charge on any atom is 0.0672 e. The summed E-state index contributed by atoms with van der Waals surface area (Å²) in [4.78, 5) is 5.05. The van der Waals surface area contributed by atoms with E-state index in [1.165, 1.54) is 38.8 Å². The van der Waals surface area contributed by atoms with Gasteiger partial charge in [0, 0.05) is 25.2 Å². The molecule has 1 heterocycles. The molecule has 3 atom stereocenters. The van der Waals surface area contributed by atoms with Gasteiger partial charge in [-0.1, -0.05) is 12.8 Å². The summed E-state index contributed by atoms with van der Waals surface area (Å²) in [6.45, 7) is 5.85. The van der Waals surface area contributed by atoms with Crippen LogP contribution in [0.15, 0.2) is 0 Å². The summed E-state index contributed by atoms with van der Waals surface area (Å²) in [5, 5.41) is 9.31. The number of likely N-dealkylation sites (N-methyl/N-ethyl adjacent to an activating group) is 1. The van der Waals surface area contributed by atoms with Gasteiger partial charge in [0.15, 0.2) is 0 Å². The molecule has 1 saturated carbocycles. The Morgan fingerprint density at radius 1 is 1.12 bits per heavy atom. The van der Waals surface area contributed by atoms with E-state index >= 15 is 0 Å². The van der Waals surface area contributed by atoms with Gasteiger partial charge in [-0.25, -0.2) is 0 Å². The lowest BCUT2D eigenvalue weighted by Gasteiger charge is -2.40. The molecule has 2 fully saturated rings. The second-order valence-corrected chi connectivity index (χ2v) is 5.79. The van der Waals surface area contributed by atoms with Gasteiger partial charge in [-0.15, -0.1) is 0 Å². The summed E-state index contributed by atoms with van der Waals surface area (Å²) in [5.41, 5.74) is 0. The Bertz CT molecular complexity index is 284. The van der Waals surface area contributed by atoms with Gasteiger partial charge < -0.3 is 4.90 Å². The smallest absolute Gasteiger partial charge is 0.0672 e. The molecule has 0 aromatic heterocycles. The van der Waals surface area contributed by atoms with Crippen molar-refractivity contribution in [2.75, 3.05) is 26.7 Å². The second-order valence-electron chi connectivity index (χ2n) is 5.79. The van der Waals surface area contributed by atoms with Gasteiger partial charge in [-0.05, 0) is 39.8 Å². The van der Waals surface area contributed by atoms with Gasteiger partial charge in [0.05, 0.1) is 12.0 Å². The first-order chi connectivity index (χ1) is 8.22. The Balaban J connectivity index is 2.05. The quantitative estimate of drug-likeness (QED) is 0.697. The Kier molecular flexibility index (Phi) is 4.42. The SMILES string of the molecule is CC1CN(C)CCCN1C1CCCCC1C#N. The number of hydrogen-bond donors (Lipinski definition) is 0. The van der Waals surface area contributed by atoms with Gasteiger partial charge in [0.25, 0.3) is 0 Å². The Labute approximate surface area is 105 Å². The molecule has 2 aliphatic rings. The largest absolute Gasteiger partial charge is 0.305 e. The van der Waals surface area contributed by atoms with Crippen molar-refractivity contribution in [1.29, 1.82) is 5.26 Å². The van der Waals surface area contributed by atoms with Crippen molar-refractivity contribution in [2.24, 2.45) is 5.92 Å². The third kappa shape index (κ3) is 3.00. The van der Waals surface area contributed by atoms with E-state index in [9.17, 15) is 5.26 Å². The van der Waals surface area contributed by atoms with E-state index in [0.29, 0.717) is 12.1 Å². The average molecular weight is 235 g/mol. The first-order valence-corrected chi connectivity index (χ1v) is 7.06. The summed E-state index contributed by atoms with van der Waals surface area (Å²) in [6, 6.07) is 3.67. The van der Waals surface area contributed by atoms with E-state index in [0.717, 1.165) is 13.0 Å². The highest BCUT2D eigenvalue weighted by Gasteiger charge is 2.33. The zero-order chi connectivity index (χ0) is 12.3. The third-order valence-electron chi connectivity index (χ3n) is 4.42. The zero-order valence-electron chi connectivity index (χ0n) is 11.2. The summed E-state index contributed by atoms with van der Waals surface area (Å²) in [6.07, 6.45) is 6.14. The minimum absolute atomic E-state index is 0.273. The first kappa shape index (κ1) is 12.9. The molecule has 0 bridgehead atoms. The van der Waals surface area contributed by atoms with Gasteiger partial charge in [0.2, 0.25) is 0 Å². The van der Waals surface area contributed by atoms with Crippen LogP contribution >= 0.6 is 0 Å². The second kappa shape index (κ2) is 5.84. The Morgan fingerprint density at radius 2 is 1.88 bits per heavy atom. The monoisotopic (exact) mass is 235 g/mol. The van der Waals surface area contributed by atoms with Crippen molar-refractivity contribution in [3.05, 3.63) is 0 Å². The van der Waals surface area contributed by atoms with Crippen molar-refractivity contribution in [2.45, 2.75) is 51.1 Å². The summed E-state index contributed by atoms with van der Waals surface area (Å²) < 4.78 is 0. The number of nitrogens with zero attached hydrogens (tertiary/aromatic N) is 3. The molecular weight excluding hydrogens is 210 g/mol. The van der Waals surface area contributed by atoms with Crippen LogP contribution in [0, 0.1) is 17.2 Å². The predicted molar refractivity (Wildman–Crippen MR) is 69.6 cm³/mol. The molecule has 0 spiro atoms. The summed E-state index contributed by atoms with van der Waals surface area (Å²) in [7, 11) is 2.21. The van der Waals surface area contributed by atoms with Crippen LogP contribution in [0.1, 0.15) is 39.0 Å². The van der Waals surface area contributed by atoms with Crippen molar-refractivity contribution in [3.8, 4) is 6.07 Å². The Hall–Kier alpha value is -0.590. The van der Waals surface area contributed by atoms with E-state index < -0.39 is 0 Å². The lowest BCUT2D eigenvalue weighted by atomic mass is 9.84. The van der Waals surface area contributed by atoms with Crippen LogP contribution in [0.3, 0.4) is 0 Å². The first-order valence-electron chi connectivity index (χ1n) is 7.06. The molecule has 0 radical (unpaired) electrons. The van der Waals surface area contributed by atoms with Crippen molar-refractivity contribution in [3.63, 3.8) is 0 Å². The highest BCUT2D eigenvalue weighted by Crippen LogP contribution is 2.30. The molecule has 0 amide bonds. The standard InChI is InChI=1S/C14H25N3/c1-12-11-16(2)8-5-9-17(12)14-7-4-3-6-13(14)10-15/h12-14H,3-9,11H2,1-2H3. The van der Waals surface area contributed by atoms with Gasteiger partial charge >= 0.3 is 0 Å². The fourth-order valence-corrected chi connectivity index (χ4v) is 3.54. The molecule has 0 N–H and O–H groups in total.